The lowest BCUT2D eigenvalue weighted by Gasteiger charge is -2.32. The number of carbonyl (C=O) groups is 2. The van der Waals surface area contributed by atoms with Crippen LogP contribution in [-0.2, 0) is 9.59 Å². The second-order valence-corrected chi connectivity index (χ2v) is 5.32. The first-order valence-corrected chi connectivity index (χ1v) is 6.87. The van der Waals surface area contributed by atoms with E-state index < -0.39 is 35.3 Å². The highest BCUT2D eigenvalue weighted by Crippen LogP contribution is 2.26. The van der Waals surface area contributed by atoms with Crippen LogP contribution in [0.25, 0.3) is 0 Å². The molecule has 1 aromatic carbocycles. The fourth-order valence-corrected chi connectivity index (χ4v) is 2.70. The molecule has 21 heavy (non-hydrogen) atoms. The number of carbonyl (C=O) groups excluding carboxylic acids is 1. The molecule has 0 radical (unpaired) electrons. The SMILES string of the molecule is CC(C(=O)N1CCCC(C(=O)O)C1)c1c(F)cccc1F. The van der Waals surface area contributed by atoms with Crippen LogP contribution in [0.4, 0.5) is 8.78 Å². The number of aliphatic carboxylic acids is 1. The predicted molar refractivity (Wildman–Crippen MR) is 71.7 cm³/mol. The number of piperidine rings is 1. The van der Waals surface area contributed by atoms with Crippen LogP contribution in [0.1, 0.15) is 31.2 Å². The Hall–Kier alpha value is -1.98. The molecule has 1 saturated heterocycles. The number of nitrogens with zero attached hydrogens (tertiary/aromatic N) is 1. The van der Waals surface area contributed by atoms with Gasteiger partial charge in [0.25, 0.3) is 0 Å². The Kier molecular flexibility index (Phi) is 4.55. The monoisotopic (exact) mass is 297 g/mol. The summed E-state index contributed by atoms with van der Waals surface area (Å²) in [5.74, 6) is -4.49. The molecule has 1 heterocycles. The summed E-state index contributed by atoms with van der Waals surface area (Å²) in [7, 11) is 0. The number of likely N-dealkylation sites (tertiary alicyclic amines) is 1. The largest absolute Gasteiger partial charge is 0.481 e. The molecule has 0 aromatic heterocycles. The molecule has 2 atom stereocenters. The Morgan fingerprint density at radius 1 is 1.33 bits per heavy atom. The Balaban J connectivity index is 2.17. The highest BCUT2D eigenvalue weighted by molar-refractivity contribution is 5.84. The Labute approximate surface area is 121 Å². The zero-order valence-corrected chi connectivity index (χ0v) is 11.7. The fourth-order valence-electron chi connectivity index (χ4n) is 2.70. The van der Waals surface area contributed by atoms with Gasteiger partial charge in [0.1, 0.15) is 11.6 Å². The van der Waals surface area contributed by atoms with Gasteiger partial charge in [0.15, 0.2) is 0 Å². The van der Waals surface area contributed by atoms with Crippen molar-refractivity contribution in [1.82, 2.24) is 4.90 Å². The van der Waals surface area contributed by atoms with Crippen molar-refractivity contribution in [3.05, 3.63) is 35.4 Å². The molecule has 0 saturated carbocycles. The normalized spacial score (nSPS) is 20.1. The third kappa shape index (κ3) is 3.20. The van der Waals surface area contributed by atoms with Crippen molar-refractivity contribution in [2.24, 2.45) is 5.92 Å². The highest BCUT2D eigenvalue weighted by Gasteiger charge is 2.32. The van der Waals surface area contributed by atoms with Crippen LogP contribution in [0.2, 0.25) is 0 Å². The van der Waals surface area contributed by atoms with E-state index in [1.54, 1.807) is 0 Å². The molecule has 1 amide bonds. The van der Waals surface area contributed by atoms with E-state index in [2.05, 4.69) is 0 Å². The molecule has 2 rings (SSSR count). The van der Waals surface area contributed by atoms with Gasteiger partial charge in [-0.1, -0.05) is 6.07 Å². The minimum absolute atomic E-state index is 0.0918. The Bertz CT molecular complexity index is 542. The number of carboxylic acid groups (broad SMARTS) is 1. The highest BCUT2D eigenvalue weighted by atomic mass is 19.1. The van der Waals surface area contributed by atoms with Gasteiger partial charge in [0.05, 0.1) is 11.8 Å². The first kappa shape index (κ1) is 15.4. The molecule has 6 heteroatoms. The van der Waals surface area contributed by atoms with E-state index >= 15 is 0 Å². The quantitative estimate of drug-likeness (QED) is 0.932. The summed E-state index contributed by atoms with van der Waals surface area (Å²) in [5, 5.41) is 9.02. The van der Waals surface area contributed by atoms with E-state index in [9.17, 15) is 18.4 Å². The van der Waals surface area contributed by atoms with Crippen LogP contribution < -0.4 is 0 Å². The minimum atomic E-state index is -0.973. The van der Waals surface area contributed by atoms with E-state index in [1.807, 2.05) is 0 Å². The van der Waals surface area contributed by atoms with E-state index in [1.165, 1.54) is 17.9 Å². The van der Waals surface area contributed by atoms with E-state index in [0.29, 0.717) is 19.4 Å². The molecule has 114 valence electrons. The van der Waals surface area contributed by atoms with E-state index in [4.69, 9.17) is 5.11 Å². The Morgan fingerprint density at radius 2 is 1.95 bits per heavy atom. The maximum atomic E-state index is 13.7. The number of hydrogen-bond acceptors (Lipinski definition) is 2. The van der Waals surface area contributed by atoms with E-state index in [-0.39, 0.29) is 12.1 Å². The average molecular weight is 297 g/mol. The number of halogens is 2. The van der Waals surface area contributed by atoms with Gasteiger partial charge in [-0.05, 0) is 31.9 Å². The zero-order chi connectivity index (χ0) is 15.6. The summed E-state index contributed by atoms with van der Waals surface area (Å²) in [6, 6.07) is 3.46. The topological polar surface area (TPSA) is 57.6 Å². The van der Waals surface area contributed by atoms with Crippen molar-refractivity contribution >= 4 is 11.9 Å². The lowest BCUT2D eigenvalue weighted by molar-refractivity contribution is -0.146. The average Bonchev–Trinajstić information content (AvgIpc) is 2.46. The number of hydrogen-bond donors (Lipinski definition) is 1. The standard InChI is InChI=1S/C15H17F2NO3/c1-9(13-11(16)5-2-6-12(13)17)14(19)18-7-3-4-10(8-18)15(20)21/h2,5-6,9-10H,3-4,7-8H2,1H3,(H,20,21). The van der Waals surface area contributed by atoms with Gasteiger partial charge >= 0.3 is 5.97 Å². The van der Waals surface area contributed by atoms with Gasteiger partial charge in [-0.15, -0.1) is 0 Å². The molecule has 0 spiro atoms. The second-order valence-electron chi connectivity index (χ2n) is 5.32. The van der Waals surface area contributed by atoms with Crippen LogP contribution in [0.5, 0.6) is 0 Å². The first-order chi connectivity index (χ1) is 9.91. The predicted octanol–water partition coefficient (Wildman–Crippen LogP) is 2.39. The van der Waals surface area contributed by atoms with Crippen molar-refractivity contribution < 1.29 is 23.5 Å². The number of carboxylic acids is 1. The molecule has 0 bridgehead atoms. The Morgan fingerprint density at radius 3 is 2.52 bits per heavy atom. The summed E-state index contributed by atoms with van der Waals surface area (Å²) < 4.78 is 27.5. The molecule has 2 unspecified atom stereocenters. The summed E-state index contributed by atoms with van der Waals surface area (Å²) >= 11 is 0. The zero-order valence-electron chi connectivity index (χ0n) is 11.7. The van der Waals surface area contributed by atoms with Gasteiger partial charge in [-0.2, -0.15) is 0 Å². The maximum absolute atomic E-state index is 13.7. The number of rotatable bonds is 3. The third-order valence-corrected chi connectivity index (χ3v) is 3.89. The van der Waals surface area contributed by atoms with Crippen molar-refractivity contribution in [3.8, 4) is 0 Å². The molecule has 1 aliphatic rings. The van der Waals surface area contributed by atoms with Crippen molar-refractivity contribution in [2.75, 3.05) is 13.1 Å². The molecule has 1 aliphatic heterocycles. The molecule has 0 aliphatic carbocycles. The fraction of sp³-hybridized carbons (Fsp3) is 0.467. The number of amides is 1. The van der Waals surface area contributed by atoms with Gasteiger partial charge in [-0.3, -0.25) is 9.59 Å². The second kappa shape index (κ2) is 6.20. The molecule has 1 N–H and O–H groups in total. The van der Waals surface area contributed by atoms with Crippen LogP contribution in [0.3, 0.4) is 0 Å². The van der Waals surface area contributed by atoms with Gasteiger partial charge in [0.2, 0.25) is 5.91 Å². The van der Waals surface area contributed by atoms with Crippen LogP contribution in [0.15, 0.2) is 18.2 Å². The van der Waals surface area contributed by atoms with Gasteiger partial charge < -0.3 is 10.0 Å². The van der Waals surface area contributed by atoms with E-state index in [0.717, 1.165) is 12.1 Å². The smallest absolute Gasteiger partial charge is 0.308 e. The first-order valence-electron chi connectivity index (χ1n) is 6.87. The van der Waals surface area contributed by atoms with Crippen molar-refractivity contribution in [1.29, 1.82) is 0 Å². The molecular weight excluding hydrogens is 280 g/mol. The van der Waals surface area contributed by atoms with Crippen LogP contribution >= 0.6 is 0 Å². The minimum Gasteiger partial charge on any atom is -0.481 e. The van der Waals surface area contributed by atoms with Crippen molar-refractivity contribution in [3.63, 3.8) is 0 Å². The van der Waals surface area contributed by atoms with Crippen LogP contribution in [-0.4, -0.2) is 35.0 Å². The summed E-state index contributed by atoms with van der Waals surface area (Å²) in [4.78, 5) is 24.8. The summed E-state index contributed by atoms with van der Waals surface area (Å²) in [6.07, 6.45) is 1.09. The summed E-state index contributed by atoms with van der Waals surface area (Å²) in [6.45, 7) is 1.95. The lowest BCUT2D eigenvalue weighted by atomic mass is 9.94. The lowest BCUT2D eigenvalue weighted by Crippen LogP contribution is -2.44. The van der Waals surface area contributed by atoms with Gasteiger partial charge in [-0.25, -0.2) is 8.78 Å². The van der Waals surface area contributed by atoms with Crippen LogP contribution in [0, 0.1) is 17.6 Å². The van der Waals surface area contributed by atoms with Gasteiger partial charge in [0, 0.05) is 18.7 Å². The third-order valence-electron chi connectivity index (χ3n) is 3.89. The molecule has 1 fully saturated rings. The maximum Gasteiger partial charge on any atom is 0.308 e. The molecule has 1 aromatic rings. The number of benzene rings is 1. The molecular formula is C15H17F2NO3. The van der Waals surface area contributed by atoms with Crippen molar-refractivity contribution in [2.45, 2.75) is 25.7 Å². The summed E-state index contributed by atoms with van der Waals surface area (Å²) in [5.41, 5.74) is -0.264. The molecule has 4 nitrogen and oxygen atoms in total.